The Kier molecular flexibility index (Phi) is 15.7. The number of hydrogen-bond donors (Lipinski definition) is 8. The summed E-state index contributed by atoms with van der Waals surface area (Å²) in [5, 5.41) is 87.7. The summed E-state index contributed by atoms with van der Waals surface area (Å²) >= 11 is 0. The van der Waals surface area contributed by atoms with E-state index in [9.17, 15) is 40.9 Å². The molecule has 51 heavy (non-hydrogen) atoms. The fraction of sp³-hybridized carbons (Fsp3) is 0.707. The maximum absolute atomic E-state index is 11.5. The third-order valence-corrected chi connectivity index (χ3v) is 11.3. The van der Waals surface area contributed by atoms with E-state index in [1.807, 2.05) is 13.8 Å². The van der Waals surface area contributed by atoms with Gasteiger partial charge in [-0.2, -0.15) is 0 Å². The Bertz CT molecular complexity index is 1320. The average Bonchev–Trinajstić information content (AvgIpc) is 3.09. The molecule has 0 radical (unpaired) electrons. The molecular formula is C41H64O10. The number of phenols is 4. The molecule has 1 saturated heterocycles. The number of aromatic hydroxyl groups is 4. The van der Waals surface area contributed by atoms with Crippen LogP contribution in [-0.4, -0.2) is 72.1 Å². The molecule has 2 aromatic carbocycles. The first-order valence-electron chi connectivity index (χ1n) is 19.5. The van der Waals surface area contributed by atoms with Crippen molar-refractivity contribution in [1.82, 2.24) is 0 Å². The second-order valence-corrected chi connectivity index (χ2v) is 15.4. The van der Waals surface area contributed by atoms with Gasteiger partial charge >= 0.3 is 0 Å². The summed E-state index contributed by atoms with van der Waals surface area (Å²) in [5.41, 5.74) is 2.05. The molecule has 1 aliphatic heterocycles. The molecule has 1 heterocycles. The molecule has 7 rings (SSSR count). The van der Waals surface area contributed by atoms with Crippen molar-refractivity contribution in [1.29, 1.82) is 0 Å². The smallest absolute Gasteiger partial charge is 0.186 e. The summed E-state index contributed by atoms with van der Waals surface area (Å²) in [4.78, 5) is 0. The Balaban J connectivity index is 1.69. The summed E-state index contributed by atoms with van der Waals surface area (Å²) in [6, 6.07) is 6.49. The number of ether oxygens (including phenoxy) is 2. The standard InChI is InChI=1S/C41H64O10/c1-5-7-15-26-18-12-10-14-25(4)40(51-41-39(49)38(48)34(46)23-50-41)29-21-32(44)36(33(45)22-29)27(16-8-6-2)17-11-9-13-24(3)37(47)28-19-30(42)35(26)31(43)20-28/h19-22,24-27,34,37-49H,5-18,23H2,1-4H3. The van der Waals surface area contributed by atoms with Gasteiger partial charge in [0, 0.05) is 11.1 Å². The number of hydrogen-bond acceptors (Lipinski definition) is 10. The van der Waals surface area contributed by atoms with E-state index in [0.29, 0.717) is 28.7 Å². The summed E-state index contributed by atoms with van der Waals surface area (Å²) in [7, 11) is 0. The third kappa shape index (κ3) is 10.5. The number of benzene rings is 2. The van der Waals surface area contributed by atoms with Crippen LogP contribution in [0.5, 0.6) is 23.0 Å². The summed E-state index contributed by atoms with van der Waals surface area (Å²) in [5.74, 6) is -0.456. The van der Waals surface area contributed by atoms with E-state index < -0.39 is 36.8 Å². The van der Waals surface area contributed by atoms with Gasteiger partial charge in [-0.1, -0.05) is 79.1 Å². The van der Waals surface area contributed by atoms with E-state index in [1.54, 1.807) is 24.3 Å². The summed E-state index contributed by atoms with van der Waals surface area (Å²) in [6.07, 6.45) is 4.42. The molecule has 4 bridgehead atoms. The Morgan fingerprint density at radius 3 is 1.57 bits per heavy atom. The van der Waals surface area contributed by atoms with Gasteiger partial charge in [-0.05, 0) is 97.6 Å². The molecule has 0 aromatic heterocycles. The predicted molar refractivity (Wildman–Crippen MR) is 196 cm³/mol. The van der Waals surface area contributed by atoms with Crippen LogP contribution in [0.2, 0.25) is 0 Å². The summed E-state index contributed by atoms with van der Waals surface area (Å²) in [6.45, 7) is 7.97. The van der Waals surface area contributed by atoms with Gasteiger partial charge in [0.15, 0.2) is 6.29 Å². The number of unbranched alkanes of at least 4 members (excludes halogenated alkanes) is 2. The van der Waals surface area contributed by atoms with E-state index >= 15 is 0 Å². The van der Waals surface area contributed by atoms with E-state index in [0.717, 1.165) is 83.5 Å². The minimum absolute atomic E-state index is 0.0141. The monoisotopic (exact) mass is 716 g/mol. The first-order valence-corrected chi connectivity index (χ1v) is 19.5. The number of aliphatic hydroxyl groups is 4. The van der Waals surface area contributed by atoms with Crippen LogP contribution in [0, 0.1) is 11.8 Å². The van der Waals surface area contributed by atoms with Gasteiger partial charge in [-0.25, -0.2) is 0 Å². The van der Waals surface area contributed by atoms with Crippen LogP contribution >= 0.6 is 0 Å². The van der Waals surface area contributed by atoms with Gasteiger partial charge in [0.25, 0.3) is 0 Å². The molecule has 8 N–H and O–H groups in total. The van der Waals surface area contributed by atoms with Gasteiger partial charge in [0.2, 0.25) is 0 Å². The van der Waals surface area contributed by atoms with Gasteiger partial charge in [0.05, 0.1) is 18.8 Å². The maximum atomic E-state index is 11.5. The molecule has 4 aliphatic carbocycles. The molecule has 10 unspecified atom stereocenters. The van der Waals surface area contributed by atoms with E-state index in [1.165, 1.54) is 0 Å². The molecule has 10 heteroatoms. The number of aliphatic hydroxyl groups excluding tert-OH is 4. The minimum atomic E-state index is -1.50. The second kappa shape index (κ2) is 19.5. The highest BCUT2D eigenvalue weighted by Crippen LogP contribution is 2.46. The normalized spacial score (nSPS) is 31.6. The first-order chi connectivity index (χ1) is 24.4. The lowest BCUT2D eigenvalue weighted by Gasteiger charge is -2.38. The molecule has 0 saturated carbocycles. The van der Waals surface area contributed by atoms with Crippen molar-refractivity contribution in [3.05, 3.63) is 46.5 Å². The van der Waals surface area contributed by atoms with Crippen LogP contribution < -0.4 is 0 Å². The lowest BCUT2D eigenvalue weighted by atomic mass is 9.83. The molecule has 1 fully saturated rings. The molecule has 10 nitrogen and oxygen atoms in total. The highest BCUT2D eigenvalue weighted by atomic mass is 16.7. The first kappa shape index (κ1) is 41.2. The molecule has 288 valence electrons. The Labute approximate surface area is 304 Å². The number of rotatable bonds is 8. The molecule has 5 aliphatic rings. The number of phenolic OH excluding ortho intramolecular Hbond substituents is 4. The van der Waals surface area contributed by atoms with Crippen molar-refractivity contribution in [3.8, 4) is 23.0 Å². The fourth-order valence-corrected chi connectivity index (χ4v) is 8.16. The topological polar surface area (TPSA) is 180 Å². The maximum Gasteiger partial charge on any atom is 0.186 e. The van der Waals surface area contributed by atoms with Crippen molar-refractivity contribution in [2.24, 2.45) is 11.8 Å². The van der Waals surface area contributed by atoms with Crippen molar-refractivity contribution in [2.75, 3.05) is 6.61 Å². The zero-order valence-corrected chi connectivity index (χ0v) is 31.1. The lowest BCUT2D eigenvalue weighted by Crippen LogP contribution is -2.54. The zero-order chi connectivity index (χ0) is 37.2. The highest BCUT2D eigenvalue weighted by Gasteiger charge is 2.40. The van der Waals surface area contributed by atoms with E-state index in [-0.39, 0.29) is 53.3 Å². The van der Waals surface area contributed by atoms with Crippen LogP contribution in [0.15, 0.2) is 24.3 Å². The third-order valence-electron chi connectivity index (χ3n) is 11.3. The Morgan fingerprint density at radius 1 is 0.627 bits per heavy atom. The molecule has 2 aromatic rings. The van der Waals surface area contributed by atoms with Gasteiger partial charge < -0.3 is 50.3 Å². The molecule has 0 amide bonds. The van der Waals surface area contributed by atoms with Crippen LogP contribution in [0.1, 0.15) is 164 Å². The van der Waals surface area contributed by atoms with Crippen molar-refractivity contribution < 1.29 is 50.3 Å². The summed E-state index contributed by atoms with van der Waals surface area (Å²) < 4.78 is 12.0. The van der Waals surface area contributed by atoms with Crippen LogP contribution in [0.3, 0.4) is 0 Å². The Hall–Kier alpha value is -2.60. The van der Waals surface area contributed by atoms with Crippen LogP contribution in [0.4, 0.5) is 0 Å². The minimum Gasteiger partial charge on any atom is -0.508 e. The molecular weight excluding hydrogens is 652 g/mol. The molecule has 10 atom stereocenters. The highest BCUT2D eigenvalue weighted by molar-refractivity contribution is 5.50. The van der Waals surface area contributed by atoms with E-state index in [2.05, 4.69) is 13.8 Å². The Morgan fingerprint density at radius 2 is 1.08 bits per heavy atom. The van der Waals surface area contributed by atoms with Crippen LogP contribution in [0.25, 0.3) is 0 Å². The van der Waals surface area contributed by atoms with E-state index in [4.69, 9.17) is 9.47 Å². The second-order valence-electron chi connectivity index (χ2n) is 15.4. The quantitative estimate of drug-likeness (QED) is 0.135. The van der Waals surface area contributed by atoms with Crippen molar-refractivity contribution in [2.45, 2.75) is 166 Å². The van der Waals surface area contributed by atoms with Gasteiger partial charge in [0.1, 0.15) is 41.3 Å². The predicted octanol–water partition coefficient (Wildman–Crippen LogP) is 7.69. The lowest BCUT2D eigenvalue weighted by molar-refractivity contribution is -0.288. The van der Waals surface area contributed by atoms with Crippen LogP contribution in [-0.2, 0) is 9.47 Å². The van der Waals surface area contributed by atoms with Gasteiger partial charge in [-0.15, -0.1) is 0 Å². The largest absolute Gasteiger partial charge is 0.508 e. The SMILES string of the molecule is CCCCC1CCCCC(C)C(O)c2cc(O)c(c(O)c2)C(CCCC)CCCCC(C)C(OC2OCC(O)C(O)C2O)c2cc(O)c1c(O)c2. The van der Waals surface area contributed by atoms with Crippen molar-refractivity contribution in [3.63, 3.8) is 0 Å². The van der Waals surface area contributed by atoms with Crippen molar-refractivity contribution >= 4 is 0 Å². The average molecular weight is 717 g/mol. The fourth-order valence-electron chi connectivity index (χ4n) is 8.16. The molecule has 0 spiro atoms. The zero-order valence-electron chi connectivity index (χ0n) is 31.1. The van der Waals surface area contributed by atoms with Gasteiger partial charge in [-0.3, -0.25) is 0 Å².